The van der Waals surface area contributed by atoms with Crippen molar-refractivity contribution in [3.05, 3.63) is 18.3 Å². The average Bonchev–Trinajstić information content (AvgIpc) is 2.30. The monoisotopic (exact) mass is 346 g/mol. The molecule has 1 saturated heterocycles. The van der Waals surface area contributed by atoms with Gasteiger partial charge in [-0.05, 0) is 6.07 Å². The van der Waals surface area contributed by atoms with Crippen molar-refractivity contribution in [2.45, 2.75) is 0 Å². The Bertz CT molecular complexity index is 379. The van der Waals surface area contributed by atoms with Crippen molar-refractivity contribution in [3.63, 3.8) is 0 Å². The number of halogens is 3. The summed E-state index contributed by atoms with van der Waals surface area (Å²) in [7, 11) is 0. The minimum atomic E-state index is 0. The van der Waals surface area contributed by atoms with Gasteiger partial charge in [0.1, 0.15) is 38.1 Å². The fourth-order valence-electron chi connectivity index (χ4n) is 1.85. The Labute approximate surface area is 136 Å². The van der Waals surface area contributed by atoms with Crippen molar-refractivity contribution >= 4 is 17.5 Å². The van der Waals surface area contributed by atoms with Gasteiger partial charge in [0.15, 0.2) is 0 Å². The third-order valence-corrected chi connectivity index (χ3v) is 2.63. The molecule has 0 unspecified atom stereocenters. The maximum absolute atomic E-state index is 5.36. The normalized spacial score (nSPS) is 12.7. The highest BCUT2D eigenvalue weighted by atomic mass is 35.5. The van der Waals surface area contributed by atoms with Crippen LogP contribution in [0.25, 0.3) is 0 Å². The third kappa shape index (κ3) is 6.97. The number of rotatable bonds is 2. The van der Waals surface area contributed by atoms with Crippen LogP contribution in [0.4, 0.5) is 11.5 Å². The number of aromatic nitrogens is 1. The van der Waals surface area contributed by atoms with E-state index in [1.807, 2.05) is 18.3 Å². The SMILES string of the molecule is NC(N)=[NH+]c1ccc(N2CC[NH2+]CC2)[nH+]c1.O.[Cl-].[Cl-].[Cl-]. The first kappa shape index (κ1) is 24.1. The Morgan fingerprint density at radius 3 is 2.20 bits per heavy atom. The number of guanidine groups is 1. The molecule has 0 aromatic carbocycles. The van der Waals surface area contributed by atoms with Crippen molar-refractivity contribution in [1.29, 1.82) is 0 Å². The first-order valence-corrected chi connectivity index (χ1v) is 5.49. The number of nitrogens with two attached hydrogens (primary N) is 3. The summed E-state index contributed by atoms with van der Waals surface area (Å²) < 4.78 is 0. The van der Waals surface area contributed by atoms with E-state index in [2.05, 4.69) is 20.2 Å². The molecule has 1 aliphatic rings. The molecule has 0 atom stereocenters. The summed E-state index contributed by atoms with van der Waals surface area (Å²) in [6.45, 7) is 4.46. The molecule has 2 heterocycles. The molecule has 1 aromatic rings. The number of nitrogens with one attached hydrogen (secondary N) is 2. The molecule has 118 valence electrons. The van der Waals surface area contributed by atoms with Gasteiger partial charge in [-0.2, -0.15) is 0 Å². The lowest BCUT2D eigenvalue weighted by Gasteiger charge is -2.19. The van der Waals surface area contributed by atoms with E-state index >= 15 is 0 Å². The van der Waals surface area contributed by atoms with Crippen LogP contribution in [0.2, 0.25) is 0 Å². The van der Waals surface area contributed by atoms with E-state index < -0.39 is 0 Å². The molecule has 7 nitrogen and oxygen atoms in total. The minimum absolute atomic E-state index is 0. The number of hydrogen-bond acceptors (Lipinski definition) is 1. The van der Waals surface area contributed by atoms with E-state index in [0.717, 1.165) is 37.7 Å². The highest BCUT2D eigenvalue weighted by Crippen LogP contribution is 2.06. The number of quaternary nitrogens is 1. The van der Waals surface area contributed by atoms with Crippen molar-refractivity contribution in [3.8, 4) is 0 Å². The fourth-order valence-corrected chi connectivity index (χ4v) is 1.85. The molecule has 0 bridgehead atoms. The van der Waals surface area contributed by atoms with Crippen molar-refractivity contribution in [2.75, 3.05) is 31.1 Å². The second-order valence-electron chi connectivity index (χ2n) is 3.90. The smallest absolute Gasteiger partial charge is 0.343 e. The highest BCUT2D eigenvalue weighted by molar-refractivity contribution is 5.70. The van der Waals surface area contributed by atoms with E-state index in [1.54, 1.807) is 0 Å². The van der Waals surface area contributed by atoms with Gasteiger partial charge in [-0.1, -0.05) is 0 Å². The van der Waals surface area contributed by atoms with E-state index in [9.17, 15) is 0 Å². The van der Waals surface area contributed by atoms with Crippen molar-refractivity contribution in [2.24, 2.45) is 11.5 Å². The summed E-state index contributed by atoms with van der Waals surface area (Å²) in [5.41, 5.74) is 11.6. The average molecular weight is 348 g/mol. The van der Waals surface area contributed by atoms with Gasteiger partial charge in [-0.15, -0.1) is 0 Å². The van der Waals surface area contributed by atoms with Crippen LogP contribution >= 0.6 is 0 Å². The molecule has 0 aliphatic carbocycles. The lowest BCUT2D eigenvalue weighted by Crippen LogP contribution is -3.00. The number of H-pyrrole nitrogens is 1. The quantitative estimate of drug-likeness (QED) is 0.313. The van der Waals surface area contributed by atoms with Crippen molar-refractivity contribution < 1.29 is 58.0 Å². The number of nitrogens with zero attached hydrogens (tertiary/aromatic N) is 1. The number of pyridine rings is 1. The molecule has 0 amide bonds. The maximum Gasteiger partial charge on any atom is 0.343 e. The Kier molecular flexibility index (Phi) is 14.2. The van der Waals surface area contributed by atoms with Crippen LogP contribution < -0.4 is 68.9 Å². The van der Waals surface area contributed by atoms with E-state index in [-0.39, 0.29) is 48.7 Å². The molecule has 1 aromatic heterocycles. The van der Waals surface area contributed by atoms with E-state index in [4.69, 9.17) is 11.5 Å². The maximum atomic E-state index is 5.36. The zero-order valence-electron chi connectivity index (χ0n) is 10.9. The van der Waals surface area contributed by atoms with E-state index in [0.29, 0.717) is 0 Å². The molecule has 0 radical (unpaired) electrons. The molecule has 0 spiro atoms. The Balaban J connectivity index is -0.000000722. The Morgan fingerprint density at radius 2 is 1.75 bits per heavy atom. The van der Waals surface area contributed by atoms with Gasteiger partial charge in [0.2, 0.25) is 0 Å². The summed E-state index contributed by atoms with van der Waals surface area (Å²) in [5.74, 6) is 1.34. The minimum Gasteiger partial charge on any atom is -1.00 e. The molecule has 10 N–H and O–H groups in total. The Hall–Kier alpha value is -0.990. The van der Waals surface area contributed by atoms with Gasteiger partial charge in [0.05, 0.1) is 0 Å². The largest absolute Gasteiger partial charge is 1.00 e. The predicted octanol–water partition coefficient (Wildman–Crippen LogP) is -13.9. The van der Waals surface area contributed by atoms with Crippen LogP contribution in [-0.4, -0.2) is 37.6 Å². The van der Waals surface area contributed by atoms with Crippen LogP contribution in [-0.2, 0) is 0 Å². The molecule has 1 aliphatic heterocycles. The summed E-state index contributed by atoms with van der Waals surface area (Å²) in [6, 6.07) is 4.00. The van der Waals surface area contributed by atoms with Gasteiger partial charge in [-0.3, -0.25) is 16.4 Å². The molecule has 2 rings (SSSR count). The molecule has 0 saturated carbocycles. The Morgan fingerprint density at radius 1 is 1.15 bits per heavy atom. The van der Waals surface area contributed by atoms with Crippen LogP contribution in [0.1, 0.15) is 0 Å². The van der Waals surface area contributed by atoms with Gasteiger partial charge in [0.25, 0.3) is 5.82 Å². The summed E-state index contributed by atoms with van der Waals surface area (Å²) in [4.78, 5) is 8.42. The van der Waals surface area contributed by atoms with Gasteiger partial charge < -0.3 is 48.0 Å². The third-order valence-electron chi connectivity index (χ3n) is 2.63. The van der Waals surface area contributed by atoms with Gasteiger partial charge in [0, 0.05) is 6.07 Å². The number of aromatic amines is 1. The number of anilines is 1. The zero-order chi connectivity index (χ0) is 11.4. The topological polar surface area (TPSA) is 132 Å². The van der Waals surface area contributed by atoms with Crippen LogP contribution in [0, 0.1) is 0 Å². The van der Waals surface area contributed by atoms with Crippen LogP contribution in [0.5, 0.6) is 0 Å². The molecule has 10 heteroatoms. The van der Waals surface area contributed by atoms with Gasteiger partial charge in [-0.25, -0.2) is 9.98 Å². The molecular weight excluding hydrogens is 327 g/mol. The summed E-state index contributed by atoms with van der Waals surface area (Å²) >= 11 is 0. The highest BCUT2D eigenvalue weighted by Gasteiger charge is 2.20. The first-order valence-electron chi connectivity index (χ1n) is 5.49. The number of hydrogen-bond donors (Lipinski definition) is 4. The zero-order valence-corrected chi connectivity index (χ0v) is 13.1. The summed E-state index contributed by atoms with van der Waals surface area (Å²) in [5, 5.41) is 2.33. The van der Waals surface area contributed by atoms with Crippen LogP contribution in [0.3, 0.4) is 0 Å². The van der Waals surface area contributed by atoms with Gasteiger partial charge >= 0.3 is 5.96 Å². The predicted molar refractivity (Wildman–Crippen MR) is 64.5 cm³/mol. The lowest BCUT2D eigenvalue weighted by molar-refractivity contribution is -0.656. The van der Waals surface area contributed by atoms with Crippen LogP contribution in [0.15, 0.2) is 18.3 Å². The summed E-state index contributed by atoms with van der Waals surface area (Å²) in [6.07, 6.45) is 1.87. The lowest BCUT2D eigenvalue weighted by atomic mass is 10.3. The second kappa shape index (κ2) is 11.8. The van der Waals surface area contributed by atoms with E-state index in [1.165, 1.54) is 0 Å². The molecule has 20 heavy (non-hydrogen) atoms. The molecular formula is C10H21Cl3N6O. The second-order valence-corrected chi connectivity index (χ2v) is 3.90. The standard InChI is InChI=1S/C10H16N6.3ClH.H2O/c11-10(12)15-8-1-2-9(14-7-8)16-5-3-13-4-6-16;;;;/h1-2,7,13H,3-6H2,(H4,11,12,15);3*1H;1H2. The number of piperazine rings is 1. The first-order chi connectivity index (χ1) is 7.75. The van der Waals surface area contributed by atoms with Crippen molar-refractivity contribution in [1.82, 2.24) is 0 Å². The fraction of sp³-hybridized carbons (Fsp3) is 0.400. The molecule has 1 fully saturated rings.